The molecule has 0 heterocycles. The van der Waals surface area contributed by atoms with Gasteiger partial charge in [0.25, 0.3) is 0 Å². The third-order valence-corrected chi connectivity index (χ3v) is 3.05. The number of rotatable bonds is 6. The van der Waals surface area contributed by atoms with Crippen LogP contribution in [-0.2, 0) is 6.54 Å². The lowest BCUT2D eigenvalue weighted by atomic mass is 10.1. The molecule has 2 N–H and O–H groups in total. The van der Waals surface area contributed by atoms with E-state index in [1.54, 1.807) is 0 Å². The summed E-state index contributed by atoms with van der Waals surface area (Å²) in [6, 6.07) is 8.00. The van der Waals surface area contributed by atoms with Gasteiger partial charge in [-0.2, -0.15) is 0 Å². The van der Waals surface area contributed by atoms with Gasteiger partial charge >= 0.3 is 0 Å². The summed E-state index contributed by atoms with van der Waals surface area (Å²) in [4.78, 5) is 2.29. The molecule has 90 valence electrons. The third-order valence-electron chi connectivity index (χ3n) is 2.68. The van der Waals surface area contributed by atoms with Crippen molar-refractivity contribution in [1.82, 2.24) is 4.90 Å². The fraction of sp³-hybridized carbons (Fsp3) is 0.538. The molecule has 0 bridgehead atoms. The quantitative estimate of drug-likeness (QED) is 0.829. The number of hydrogen-bond donors (Lipinski definition) is 1. The predicted octanol–water partition coefficient (Wildman–Crippen LogP) is 2.76. The number of benzene rings is 1. The highest BCUT2D eigenvalue weighted by molar-refractivity contribution is 6.31. The van der Waals surface area contributed by atoms with Crippen molar-refractivity contribution in [3.63, 3.8) is 0 Å². The summed E-state index contributed by atoms with van der Waals surface area (Å²) in [6.07, 6.45) is 1.08. The normalized spacial score (nSPS) is 13.1. The second-order valence-electron chi connectivity index (χ2n) is 4.47. The Morgan fingerprint density at radius 2 is 2.06 bits per heavy atom. The molecule has 0 saturated heterocycles. The summed E-state index contributed by atoms with van der Waals surface area (Å²) in [5, 5.41) is 0.848. The van der Waals surface area contributed by atoms with E-state index in [-0.39, 0.29) is 0 Å². The molecule has 1 aromatic carbocycles. The molecule has 1 unspecified atom stereocenters. The fourth-order valence-corrected chi connectivity index (χ4v) is 2.09. The lowest BCUT2D eigenvalue weighted by Gasteiger charge is -2.21. The van der Waals surface area contributed by atoms with Crippen LogP contribution in [0, 0.1) is 5.92 Å². The highest BCUT2D eigenvalue weighted by atomic mass is 35.5. The van der Waals surface area contributed by atoms with E-state index in [1.807, 2.05) is 18.2 Å². The molecule has 0 saturated carbocycles. The zero-order valence-corrected chi connectivity index (χ0v) is 10.9. The molecule has 0 aliphatic heterocycles. The van der Waals surface area contributed by atoms with E-state index in [4.69, 9.17) is 17.3 Å². The lowest BCUT2D eigenvalue weighted by Crippen LogP contribution is -2.25. The Morgan fingerprint density at radius 3 is 2.69 bits per heavy atom. The SMILES string of the molecule is CC(CCN)CN(C)Cc1ccccc1Cl. The number of nitrogens with two attached hydrogens (primary N) is 1. The van der Waals surface area contributed by atoms with Crippen molar-refractivity contribution in [2.75, 3.05) is 20.1 Å². The fourth-order valence-electron chi connectivity index (χ4n) is 1.89. The summed E-state index contributed by atoms with van der Waals surface area (Å²) >= 11 is 6.12. The third kappa shape index (κ3) is 4.52. The van der Waals surface area contributed by atoms with Crippen molar-refractivity contribution in [3.05, 3.63) is 34.9 Å². The van der Waals surface area contributed by atoms with Crippen LogP contribution in [0.15, 0.2) is 24.3 Å². The zero-order chi connectivity index (χ0) is 12.0. The molecule has 1 atom stereocenters. The molecular weight excluding hydrogens is 220 g/mol. The average molecular weight is 241 g/mol. The molecular formula is C13H21ClN2. The van der Waals surface area contributed by atoms with Gasteiger partial charge in [-0.15, -0.1) is 0 Å². The first kappa shape index (κ1) is 13.5. The maximum absolute atomic E-state index is 6.12. The van der Waals surface area contributed by atoms with E-state index in [0.717, 1.165) is 31.1 Å². The van der Waals surface area contributed by atoms with Crippen LogP contribution < -0.4 is 5.73 Å². The van der Waals surface area contributed by atoms with E-state index in [1.165, 1.54) is 5.56 Å². The second kappa shape index (κ2) is 6.89. The first-order valence-corrected chi connectivity index (χ1v) is 6.13. The molecule has 3 heteroatoms. The molecule has 0 fully saturated rings. The van der Waals surface area contributed by atoms with Crippen LogP contribution in [0.5, 0.6) is 0 Å². The van der Waals surface area contributed by atoms with Gasteiger partial charge < -0.3 is 10.6 Å². The van der Waals surface area contributed by atoms with Gasteiger partial charge in [-0.1, -0.05) is 36.7 Å². The van der Waals surface area contributed by atoms with Crippen molar-refractivity contribution < 1.29 is 0 Å². The summed E-state index contributed by atoms with van der Waals surface area (Å²) in [5.74, 6) is 0.637. The molecule has 0 aromatic heterocycles. The van der Waals surface area contributed by atoms with Crippen LogP contribution in [0.1, 0.15) is 18.9 Å². The van der Waals surface area contributed by atoms with Gasteiger partial charge in [0.1, 0.15) is 0 Å². The van der Waals surface area contributed by atoms with E-state index < -0.39 is 0 Å². The van der Waals surface area contributed by atoms with Gasteiger partial charge in [-0.05, 0) is 37.6 Å². The van der Waals surface area contributed by atoms with Crippen molar-refractivity contribution in [3.8, 4) is 0 Å². The van der Waals surface area contributed by atoms with Crippen LogP contribution in [0.4, 0.5) is 0 Å². The molecule has 1 aromatic rings. The van der Waals surface area contributed by atoms with Crippen LogP contribution in [0.2, 0.25) is 5.02 Å². The smallest absolute Gasteiger partial charge is 0.0451 e. The Bertz CT molecular complexity index is 315. The number of hydrogen-bond acceptors (Lipinski definition) is 2. The average Bonchev–Trinajstić information content (AvgIpc) is 2.21. The zero-order valence-electron chi connectivity index (χ0n) is 10.1. The molecule has 0 aliphatic carbocycles. The molecule has 0 amide bonds. The van der Waals surface area contributed by atoms with Crippen LogP contribution >= 0.6 is 11.6 Å². The van der Waals surface area contributed by atoms with Crippen LogP contribution in [-0.4, -0.2) is 25.0 Å². The van der Waals surface area contributed by atoms with E-state index >= 15 is 0 Å². The van der Waals surface area contributed by atoms with Crippen molar-refractivity contribution >= 4 is 11.6 Å². The molecule has 0 radical (unpaired) electrons. The minimum Gasteiger partial charge on any atom is -0.330 e. The number of nitrogens with zero attached hydrogens (tertiary/aromatic N) is 1. The molecule has 0 aliphatic rings. The Balaban J connectivity index is 2.45. The first-order valence-electron chi connectivity index (χ1n) is 5.75. The molecule has 1 rings (SSSR count). The number of halogens is 1. The summed E-state index contributed by atoms with van der Waals surface area (Å²) < 4.78 is 0. The molecule has 0 spiro atoms. The summed E-state index contributed by atoms with van der Waals surface area (Å²) in [6.45, 7) is 4.95. The van der Waals surface area contributed by atoms with Gasteiger partial charge in [0.2, 0.25) is 0 Å². The minimum atomic E-state index is 0.637. The second-order valence-corrected chi connectivity index (χ2v) is 4.88. The summed E-state index contributed by atoms with van der Waals surface area (Å²) in [7, 11) is 2.12. The van der Waals surface area contributed by atoms with E-state index in [2.05, 4.69) is 24.9 Å². The summed E-state index contributed by atoms with van der Waals surface area (Å²) in [5.41, 5.74) is 6.73. The molecule has 16 heavy (non-hydrogen) atoms. The Labute approximate surface area is 103 Å². The highest BCUT2D eigenvalue weighted by Crippen LogP contribution is 2.17. The van der Waals surface area contributed by atoms with Crippen molar-refractivity contribution in [2.45, 2.75) is 19.9 Å². The van der Waals surface area contributed by atoms with Gasteiger partial charge in [0, 0.05) is 18.1 Å². The van der Waals surface area contributed by atoms with Gasteiger partial charge in [0.05, 0.1) is 0 Å². The van der Waals surface area contributed by atoms with Crippen LogP contribution in [0.3, 0.4) is 0 Å². The van der Waals surface area contributed by atoms with Crippen LogP contribution in [0.25, 0.3) is 0 Å². The monoisotopic (exact) mass is 240 g/mol. The topological polar surface area (TPSA) is 29.3 Å². The minimum absolute atomic E-state index is 0.637. The van der Waals surface area contributed by atoms with Crippen molar-refractivity contribution in [1.29, 1.82) is 0 Å². The Hall–Kier alpha value is -0.570. The largest absolute Gasteiger partial charge is 0.330 e. The Kier molecular flexibility index (Phi) is 5.81. The lowest BCUT2D eigenvalue weighted by molar-refractivity contribution is 0.273. The predicted molar refractivity (Wildman–Crippen MR) is 70.6 cm³/mol. The van der Waals surface area contributed by atoms with Gasteiger partial charge in [0.15, 0.2) is 0 Å². The van der Waals surface area contributed by atoms with E-state index in [0.29, 0.717) is 5.92 Å². The highest BCUT2D eigenvalue weighted by Gasteiger charge is 2.07. The van der Waals surface area contributed by atoms with E-state index in [9.17, 15) is 0 Å². The maximum Gasteiger partial charge on any atom is 0.0451 e. The molecule has 2 nitrogen and oxygen atoms in total. The van der Waals surface area contributed by atoms with Crippen molar-refractivity contribution in [2.24, 2.45) is 11.7 Å². The standard InChI is InChI=1S/C13H21ClN2/c1-11(7-8-15)9-16(2)10-12-5-3-4-6-13(12)14/h3-6,11H,7-10,15H2,1-2H3. The maximum atomic E-state index is 6.12. The Morgan fingerprint density at radius 1 is 1.38 bits per heavy atom. The first-order chi connectivity index (χ1) is 7.63. The van der Waals surface area contributed by atoms with Gasteiger partial charge in [-0.25, -0.2) is 0 Å². The van der Waals surface area contributed by atoms with Gasteiger partial charge in [-0.3, -0.25) is 0 Å².